The van der Waals surface area contributed by atoms with E-state index in [2.05, 4.69) is 20.4 Å². The molecule has 9 heteroatoms. The van der Waals surface area contributed by atoms with Crippen molar-refractivity contribution in [3.63, 3.8) is 0 Å². The normalized spacial score (nSPS) is 16.2. The Labute approximate surface area is 181 Å². The van der Waals surface area contributed by atoms with Crippen LogP contribution in [0.1, 0.15) is 28.7 Å². The fourth-order valence-electron chi connectivity index (χ4n) is 3.43. The van der Waals surface area contributed by atoms with Crippen LogP contribution in [0.5, 0.6) is 0 Å². The highest BCUT2D eigenvalue weighted by atomic mass is 32.2. The van der Waals surface area contributed by atoms with Crippen molar-refractivity contribution in [3.05, 3.63) is 65.5 Å². The molecular weight excluding hydrogens is 416 g/mol. The molecule has 1 N–H and O–H groups in total. The molecule has 1 aliphatic heterocycles. The van der Waals surface area contributed by atoms with Crippen LogP contribution in [0.4, 0.5) is 5.69 Å². The number of benzene rings is 2. The van der Waals surface area contributed by atoms with Crippen LogP contribution < -0.4 is 5.32 Å². The van der Waals surface area contributed by atoms with Gasteiger partial charge in [-0.25, -0.2) is 8.42 Å². The predicted octanol–water partition coefficient (Wildman–Crippen LogP) is 2.78. The van der Waals surface area contributed by atoms with Crippen molar-refractivity contribution >= 4 is 21.4 Å². The minimum atomic E-state index is -2.91. The van der Waals surface area contributed by atoms with Crippen molar-refractivity contribution in [1.82, 2.24) is 15.0 Å². The molecule has 162 valence electrons. The number of carbonyl (C=O) groups excluding carboxylic acids is 1. The molecule has 0 aliphatic carbocycles. The highest BCUT2D eigenvalue weighted by Gasteiger charge is 2.21. The molecule has 1 aliphatic rings. The van der Waals surface area contributed by atoms with Gasteiger partial charge in [0.2, 0.25) is 11.7 Å². The van der Waals surface area contributed by atoms with E-state index in [0.29, 0.717) is 49.0 Å². The minimum absolute atomic E-state index is 0.184. The van der Waals surface area contributed by atoms with Gasteiger partial charge in [0.15, 0.2) is 9.84 Å². The average molecular weight is 441 g/mol. The van der Waals surface area contributed by atoms with E-state index in [-0.39, 0.29) is 17.4 Å². The second-order valence-corrected chi connectivity index (χ2v) is 9.83. The van der Waals surface area contributed by atoms with E-state index in [1.54, 1.807) is 18.2 Å². The summed E-state index contributed by atoms with van der Waals surface area (Å²) < 4.78 is 28.4. The molecule has 0 unspecified atom stereocenters. The maximum absolute atomic E-state index is 12.8. The summed E-state index contributed by atoms with van der Waals surface area (Å²) in [6.45, 7) is 3.59. The molecule has 2 aromatic carbocycles. The first kappa shape index (κ1) is 21.2. The zero-order valence-corrected chi connectivity index (χ0v) is 18.1. The van der Waals surface area contributed by atoms with Gasteiger partial charge in [-0.05, 0) is 29.8 Å². The van der Waals surface area contributed by atoms with E-state index in [1.807, 2.05) is 37.3 Å². The van der Waals surface area contributed by atoms with E-state index in [1.165, 1.54) is 0 Å². The quantitative estimate of drug-likeness (QED) is 0.628. The Morgan fingerprint density at radius 3 is 2.65 bits per heavy atom. The number of aryl methyl sites for hydroxylation is 1. The maximum atomic E-state index is 12.8. The zero-order chi connectivity index (χ0) is 21.8. The molecule has 0 bridgehead atoms. The Kier molecular flexibility index (Phi) is 6.15. The molecule has 2 heterocycles. The maximum Gasteiger partial charge on any atom is 0.255 e. The molecular formula is C22H24N4O4S. The van der Waals surface area contributed by atoms with Gasteiger partial charge in [-0.15, -0.1) is 0 Å². The van der Waals surface area contributed by atoms with Gasteiger partial charge in [0.1, 0.15) is 0 Å². The molecule has 1 fully saturated rings. The summed E-state index contributed by atoms with van der Waals surface area (Å²) in [7, 11) is -2.91. The molecule has 8 nitrogen and oxygen atoms in total. The third-order valence-electron chi connectivity index (χ3n) is 5.18. The first-order valence-corrected chi connectivity index (χ1v) is 12.0. The fourth-order valence-corrected chi connectivity index (χ4v) is 4.71. The third kappa shape index (κ3) is 5.36. The Bertz CT molecular complexity index is 1180. The van der Waals surface area contributed by atoms with Crippen LogP contribution in [0.2, 0.25) is 0 Å². The highest BCUT2D eigenvalue weighted by molar-refractivity contribution is 7.91. The standard InChI is InChI=1S/C22H24N4O4S/c1-2-20-24-21(25-30-20)17-6-4-8-19(14-17)23-22(27)18-7-3-5-16(13-18)15-26-9-11-31(28,29)12-10-26/h3-8,13-14H,2,9-12,15H2,1H3,(H,23,27). The molecule has 1 saturated heterocycles. The van der Waals surface area contributed by atoms with Crippen LogP contribution in [0.25, 0.3) is 11.4 Å². The predicted molar refractivity (Wildman–Crippen MR) is 117 cm³/mol. The zero-order valence-electron chi connectivity index (χ0n) is 17.2. The number of nitrogens with one attached hydrogen (secondary N) is 1. The number of hydrogen-bond acceptors (Lipinski definition) is 7. The lowest BCUT2D eigenvalue weighted by Crippen LogP contribution is -2.39. The van der Waals surface area contributed by atoms with Crippen molar-refractivity contribution in [2.24, 2.45) is 0 Å². The van der Waals surface area contributed by atoms with Crippen LogP contribution in [-0.2, 0) is 22.8 Å². The van der Waals surface area contributed by atoms with Crippen molar-refractivity contribution in [2.75, 3.05) is 29.9 Å². The van der Waals surface area contributed by atoms with Crippen LogP contribution >= 0.6 is 0 Å². The van der Waals surface area contributed by atoms with Gasteiger partial charge < -0.3 is 9.84 Å². The summed E-state index contributed by atoms with van der Waals surface area (Å²) in [5.74, 6) is 1.20. The monoisotopic (exact) mass is 440 g/mol. The second-order valence-electron chi connectivity index (χ2n) is 7.53. The minimum Gasteiger partial charge on any atom is -0.339 e. The summed E-state index contributed by atoms with van der Waals surface area (Å²) in [6, 6.07) is 14.7. The van der Waals surface area contributed by atoms with Crippen molar-refractivity contribution in [3.8, 4) is 11.4 Å². The Morgan fingerprint density at radius 1 is 1.13 bits per heavy atom. The van der Waals surface area contributed by atoms with Crippen molar-refractivity contribution < 1.29 is 17.7 Å². The summed E-state index contributed by atoms with van der Waals surface area (Å²) in [6.07, 6.45) is 0.660. The fraction of sp³-hybridized carbons (Fsp3) is 0.318. The van der Waals surface area contributed by atoms with Gasteiger partial charge >= 0.3 is 0 Å². The van der Waals surface area contributed by atoms with Crippen molar-refractivity contribution in [2.45, 2.75) is 19.9 Å². The first-order chi connectivity index (χ1) is 14.9. The Hall–Kier alpha value is -3.04. The van der Waals surface area contributed by atoms with Gasteiger partial charge in [-0.2, -0.15) is 4.98 Å². The molecule has 1 aromatic heterocycles. The number of rotatable bonds is 6. The van der Waals surface area contributed by atoms with Gasteiger partial charge in [-0.1, -0.05) is 36.3 Å². The first-order valence-electron chi connectivity index (χ1n) is 10.2. The number of aromatic nitrogens is 2. The lowest BCUT2D eigenvalue weighted by Gasteiger charge is -2.26. The second kappa shape index (κ2) is 8.99. The van der Waals surface area contributed by atoms with E-state index < -0.39 is 9.84 Å². The summed E-state index contributed by atoms with van der Waals surface area (Å²) in [5.41, 5.74) is 2.91. The molecule has 0 saturated carbocycles. The molecule has 0 radical (unpaired) electrons. The van der Waals surface area contributed by atoms with Gasteiger partial charge in [-0.3, -0.25) is 9.69 Å². The molecule has 4 rings (SSSR count). The summed E-state index contributed by atoms with van der Waals surface area (Å²) in [4.78, 5) is 19.2. The SMILES string of the molecule is CCc1nc(-c2cccc(NC(=O)c3cccc(CN4CCS(=O)(=O)CC4)c3)c2)no1. The largest absolute Gasteiger partial charge is 0.339 e. The van der Waals surface area contributed by atoms with Crippen molar-refractivity contribution in [1.29, 1.82) is 0 Å². The highest BCUT2D eigenvalue weighted by Crippen LogP contribution is 2.21. The molecule has 0 atom stereocenters. The topological polar surface area (TPSA) is 105 Å². The number of nitrogens with zero attached hydrogens (tertiary/aromatic N) is 3. The molecule has 1 amide bonds. The number of sulfone groups is 1. The molecule has 0 spiro atoms. The average Bonchev–Trinajstić information content (AvgIpc) is 3.25. The lowest BCUT2D eigenvalue weighted by molar-refractivity contribution is 0.102. The van der Waals surface area contributed by atoms with Crippen LogP contribution in [0.15, 0.2) is 53.1 Å². The summed E-state index contributed by atoms with van der Waals surface area (Å²) >= 11 is 0. The van der Waals surface area contributed by atoms with Gasteiger partial charge in [0.25, 0.3) is 5.91 Å². The Balaban J connectivity index is 1.43. The number of carbonyl (C=O) groups is 1. The smallest absolute Gasteiger partial charge is 0.255 e. The van der Waals surface area contributed by atoms with Crippen LogP contribution in [0, 0.1) is 0 Å². The lowest BCUT2D eigenvalue weighted by atomic mass is 10.1. The van der Waals surface area contributed by atoms with Gasteiger partial charge in [0, 0.05) is 42.9 Å². The molecule has 31 heavy (non-hydrogen) atoms. The Morgan fingerprint density at radius 2 is 1.90 bits per heavy atom. The number of anilines is 1. The van der Waals surface area contributed by atoms with E-state index >= 15 is 0 Å². The number of amides is 1. The van der Waals surface area contributed by atoms with E-state index in [0.717, 1.165) is 11.1 Å². The number of hydrogen-bond donors (Lipinski definition) is 1. The van der Waals surface area contributed by atoms with E-state index in [4.69, 9.17) is 4.52 Å². The van der Waals surface area contributed by atoms with Crippen LogP contribution in [-0.4, -0.2) is 54.0 Å². The van der Waals surface area contributed by atoms with Gasteiger partial charge in [0.05, 0.1) is 11.5 Å². The molecule has 3 aromatic rings. The summed E-state index contributed by atoms with van der Waals surface area (Å²) in [5, 5.41) is 6.88. The third-order valence-corrected chi connectivity index (χ3v) is 6.79. The van der Waals surface area contributed by atoms with Crippen LogP contribution in [0.3, 0.4) is 0 Å². The van der Waals surface area contributed by atoms with E-state index in [9.17, 15) is 13.2 Å².